The molecule has 1 aliphatic heterocycles. The molecule has 0 bridgehead atoms. The van der Waals surface area contributed by atoms with Gasteiger partial charge < -0.3 is 89.1 Å². The van der Waals surface area contributed by atoms with Crippen LogP contribution in [0.4, 0.5) is 0 Å². The molecule has 1 aliphatic rings. The van der Waals surface area contributed by atoms with E-state index < -0.39 is 151 Å². The van der Waals surface area contributed by atoms with Crippen molar-refractivity contribution in [3.63, 3.8) is 0 Å². The zero-order valence-corrected chi connectivity index (χ0v) is 27.4. The molecule has 56 heavy (non-hydrogen) atoms. The van der Waals surface area contributed by atoms with Gasteiger partial charge in [0.05, 0.1) is 22.9 Å². The summed E-state index contributed by atoms with van der Waals surface area (Å²) in [6.07, 6.45) is -10.3. The van der Waals surface area contributed by atoms with Gasteiger partial charge in [-0.1, -0.05) is 0 Å². The van der Waals surface area contributed by atoms with E-state index >= 15 is 0 Å². The molecule has 7 rings (SSSR count). The summed E-state index contributed by atoms with van der Waals surface area (Å²) in [5.74, 6) is -14.7. The summed E-state index contributed by atoms with van der Waals surface area (Å²) < 4.78 is 31.2. The summed E-state index contributed by atoms with van der Waals surface area (Å²) in [7, 11) is 0. The van der Waals surface area contributed by atoms with Gasteiger partial charge in [-0.05, 0) is 18.2 Å². The SMILES string of the molecule is O=C(O[C@H]1[C@@H](O)[C@@H](CO)O[C@@H](O)[C@@H]1OC(=O)c1cc(Oc2cc3c(=O)oc4c(O)c(O)cc5c(=O)oc(c2O)c3c45)c(O)c(O)c1O)c1cc(O)c(O)c(O)c1. The number of aromatic hydroxyl groups is 9. The summed E-state index contributed by atoms with van der Waals surface area (Å²) in [5.41, 5.74) is -5.45. The van der Waals surface area contributed by atoms with Crippen LogP contribution >= 0.6 is 0 Å². The van der Waals surface area contributed by atoms with Crippen molar-refractivity contribution >= 4 is 44.6 Å². The summed E-state index contributed by atoms with van der Waals surface area (Å²) in [6.45, 7) is -0.977. The van der Waals surface area contributed by atoms with Gasteiger partial charge in [0.2, 0.25) is 23.0 Å². The lowest BCUT2D eigenvalue weighted by atomic mass is 9.98. The van der Waals surface area contributed by atoms with Crippen LogP contribution in [0.25, 0.3) is 32.7 Å². The minimum absolute atomic E-state index is 0.245. The number of aliphatic hydroxyl groups excluding tert-OH is 3. The number of hydrogen-bond acceptors (Lipinski definition) is 22. The van der Waals surface area contributed by atoms with Gasteiger partial charge in [-0.25, -0.2) is 19.2 Å². The predicted molar refractivity (Wildman–Crippen MR) is 178 cm³/mol. The molecule has 5 atom stereocenters. The Hall–Kier alpha value is -7.40. The number of phenols is 9. The Morgan fingerprint density at radius 1 is 0.607 bits per heavy atom. The molecule has 6 aromatic rings. The number of esters is 2. The Bertz CT molecular complexity index is 2710. The monoisotopic (exact) mass is 784 g/mol. The molecule has 22 nitrogen and oxygen atoms in total. The number of ether oxygens (including phenoxy) is 4. The molecule has 1 saturated heterocycles. The molecule has 0 radical (unpaired) electrons. The van der Waals surface area contributed by atoms with Crippen LogP contribution in [0.5, 0.6) is 63.2 Å². The molecule has 22 heteroatoms. The topological polar surface area (TPSA) is 374 Å². The first-order valence-electron chi connectivity index (χ1n) is 15.6. The minimum Gasteiger partial charge on any atom is -0.504 e. The van der Waals surface area contributed by atoms with Gasteiger partial charge in [-0.15, -0.1) is 0 Å². The quantitative estimate of drug-likeness (QED) is 0.0452. The average molecular weight is 785 g/mol. The third-order valence-corrected chi connectivity index (χ3v) is 8.80. The second kappa shape index (κ2) is 13.2. The highest BCUT2D eigenvalue weighted by molar-refractivity contribution is 6.22. The van der Waals surface area contributed by atoms with Crippen molar-refractivity contribution in [3.8, 4) is 63.2 Å². The fourth-order valence-corrected chi connectivity index (χ4v) is 6.04. The molecule has 0 aliphatic carbocycles. The van der Waals surface area contributed by atoms with Crippen molar-refractivity contribution in [1.29, 1.82) is 0 Å². The maximum Gasteiger partial charge on any atom is 0.344 e. The Morgan fingerprint density at radius 3 is 1.75 bits per heavy atom. The highest BCUT2D eigenvalue weighted by Gasteiger charge is 2.49. The first-order valence-corrected chi connectivity index (χ1v) is 15.6. The lowest BCUT2D eigenvalue weighted by molar-refractivity contribution is -0.285. The molecule has 0 spiro atoms. The van der Waals surface area contributed by atoms with Crippen LogP contribution in [-0.4, -0.2) is 111 Å². The molecule has 3 heterocycles. The van der Waals surface area contributed by atoms with Crippen LogP contribution in [0, 0.1) is 0 Å². The number of rotatable bonds is 7. The maximum absolute atomic E-state index is 13.5. The first-order chi connectivity index (χ1) is 26.4. The van der Waals surface area contributed by atoms with Crippen LogP contribution in [0.2, 0.25) is 0 Å². The lowest BCUT2D eigenvalue weighted by Crippen LogP contribution is -2.61. The highest BCUT2D eigenvalue weighted by Crippen LogP contribution is 2.50. The lowest BCUT2D eigenvalue weighted by Gasteiger charge is -2.41. The standard InChI is InChI=1S/C34H24O22/c35-6-16-24(44)28(55-30(46)7-1-11(36)20(40)12(37)2-7)29(34(50)52-16)56-33(49)10-5-14(22(42)25(45)19(10)39)51-15-4-9-18-17-8(31(47)54-27(18)23(15)43)3-13(38)21(41)26(17)53-32(9)48/h1-5,16,24,28-29,34-45,50H,6H2/t16-,24+,28+,29-,34-/m1/s1. The van der Waals surface area contributed by atoms with E-state index in [9.17, 15) is 80.5 Å². The van der Waals surface area contributed by atoms with Gasteiger partial charge in [0, 0.05) is 22.9 Å². The van der Waals surface area contributed by atoms with E-state index in [2.05, 4.69) is 0 Å². The van der Waals surface area contributed by atoms with E-state index in [-0.39, 0.29) is 16.2 Å². The number of aliphatic hydroxyl groups is 3. The number of carbonyl (C=O) groups is 2. The Balaban J connectivity index is 1.25. The molecule has 292 valence electrons. The van der Waals surface area contributed by atoms with E-state index in [0.29, 0.717) is 18.2 Å². The van der Waals surface area contributed by atoms with E-state index in [1.165, 1.54) is 0 Å². The van der Waals surface area contributed by atoms with Crippen LogP contribution in [-0.2, 0) is 14.2 Å². The first kappa shape index (κ1) is 36.9. The van der Waals surface area contributed by atoms with Crippen molar-refractivity contribution in [2.24, 2.45) is 0 Å². The third kappa shape index (κ3) is 5.68. The van der Waals surface area contributed by atoms with Crippen molar-refractivity contribution < 1.29 is 98.6 Å². The highest BCUT2D eigenvalue weighted by atomic mass is 16.7. The second-order valence-corrected chi connectivity index (χ2v) is 12.2. The third-order valence-electron chi connectivity index (χ3n) is 8.80. The maximum atomic E-state index is 13.5. The van der Waals surface area contributed by atoms with Gasteiger partial charge >= 0.3 is 23.2 Å². The van der Waals surface area contributed by atoms with Gasteiger partial charge in [0.1, 0.15) is 17.8 Å². The average Bonchev–Trinajstić information content (AvgIpc) is 3.15. The number of phenolic OH excluding ortho intramolecular Hbond substituents is 9. The van der Waals surface area contributed by atoms with Crippen LogP contribution in [0.3, 0.4) is 0 Å². The van der Waals surface area contributed by atoms with Crippen molar-refractivity contribution in [1.82, 2.24) is 0 Å². The van der Waals surface area contributed by atoms with Crippen molar-refractivity contribution in [2.45, 2.75) is 30.7 Å². The van der Waals surface area contributed by atoms with Crippen molar-refractivity contribution in [3.05, 3.63) is 62.3 Å². The smallest absolute Gasteiger partial charge is 0.344 e. The van der Waals surface area contributed by atoms with Gasteiger partial charge in [0.25, 0.3) is 0 Å². The van der Waals surface area contributed by atoms with E-state index in [1.807, 2.05) is 0 Å². The fraction of sp³-hybridized carbons (Fsp3) is 0.176. The van der Waals surface area contributed by atoms with Gasteiger partial charge in [-0.3, -0.25) is 0 Å². The van der Waals surface area contributed by atoms with Gasteiger partial charge in [0.15, 0.2) is 69.9 Å². The zero-order valence-electron chi connectivity index (χ0n) is 27.4. The molecule has 0 amide bonds. The normalized spacial score (nSPS) is 19.7. The zero-order chi connectivity index (χ0) is 40.7. The molecule has 2 aromatic heterocycles. The Labute approximate surface area is 306 Å². The molecule has 4 aromatic carbocycles. The molecule has 0 unspecified atom stereocenters. The largest absolute Gasteiger partial charge is 0.504 e. The van der Waals surface area contributed by atoms with Crippen molar-refractivity contribution in [2.75, 3.05) is 6.61 Å². The number of carbonyl (C=O) groups excluding carboxylic acids is 2. The van der Waals surface area contributed by atoms with E-state index in [4.69, 9.17) is 27.8 Å². The second-order valence-electron chi connectivity index (χ2n) is 12.2. The summed E-state index contributed by atoms with van der Waals surface area (Å²) in [6, 6.07) is 3.46. The minimum atomic E-state index is -2.29. The van der Waals surface area contributed by atoms with Gasteiger partial charge in [-0.2, -0.15) is 0 Å². The molecular weight excluding hydrogens is 760 g/mol. The number of hydrogen-bond donors (Lipinski definition) is 12. The fourth-order valence-electron chi connectivity index (χ4n) is 6.04. The van der Waals surface area contributed by atoms with E-state index in [1.54, 1.807) is 0 Å². The predicted octanol–water partition coefficient (Wildman–Crippen LogP) is 0.454. The summed E-state index contributed by atoms with van der Waals surface area (Å²) in [4.78, 5) is 52.2. The molecule has 12 N–H and O–H groups in total. The van der Waals surface area contributed by atoms with E-state index in [0.717, 1.165) is 12.1 Å². The Kier molecular flexibility index (Phi) is 8.69. The molecular formula is C34H24O22. The molecule has 1 fully saturated rings. The molecule has 0 saturated carbocycles. The van der Waals surface area contributed by atoms with Crippen LogP contribution < -0.4 is 16.0 Å². The van der Waals surface area contributed by atoms with Crippen LogP contribution in [0.15, 0.2) is 48.8 Å². The Morgan fingerprint density at radius 2 is 1.14 bits per heavy atom. The van der Waals surface area contributed by atoms with Crippen LogP contribution in [0.1, 0.15) is 20.7 Å². The summed E-state index contributed by atoms with van der Waals surface area (Å²) in [5, 5.41) is 122. The number of benzene rings is 4. The summed E-state index contributed by atoms with van der Waals surface area (Å²) >= 11 is 0.